The summed E-state index contributed by atoms with van der Waals surface area (Å²) in [7, 11) is 1.62. The molecule has 1 aliphatic carbocycles. The van der Waals surface area contributed by atoms with Crippen LogP contribution in [0.5, 0.6) is 5.75 Å². The third-order valence-electron chi connectivity index (χ3n) is 3.24. The second kappa shape index (κ2) is 3.83. The van der Waals surface area contributed by atoms with E-state index in [1.165, 1.54) is 0 Å². The van der Waals surface area contributed by atoms with Crippen molar-refractivity contribution in [2.75, 3.05) is 7.11 Å². The zero-order chi connectivity index (χ0) is 10.9. The van der Waals surface area contributed by atoms with Crippen LogP contribution in [0.15, 0.2) is 24.3 Å². The third-order valence-corrected chi connectivity index (χ3v) is 3.24. The molecule has 1 aliphatic rings. The quantitative estimate of drug-likeness (QED) is 0.791. The topological polar surface area (TPSA) is 55.5 Å². The molecular weight excluding hydrogens is 190 g/mol. The van der Waals surface area contributed by atoms with Crippen molar-refractivity contribution < 1.29 is 9.84 Å². The van der Waals surface area contributed by atoms with Crippen molar-refractivity contribution in [3.05, 3.63) is 29.8 Å². The van der Waals surface area contributed by atoms with Crippen molar-refractivity contribution in [1.82, 2.24) is 0 Å². The predicted molar refractivity (Wildman–Crippen MR) is 58.7 cm³/mol. The lowest BCUT2D eigenvalue weighted by Gasteiger charge is -2.42. The van der Waals surface area contributed by atoms with E-state index in [9.17, 15) is 5.11 Å². The van der Waals surface area contributed by atoms with Crippen LogP contribution in [0.3, 0.4) is 0 Å². The smallest absolute Gasteiger partial charge is 0.119 e. The number of hydrogen-bond donors (Lipinski definition) is 2. The van der Waals surface area contributed by atoms with Crippen LogP contribution in [0.1, 0.15) is 30.9 Å². The van der Waals surface area contributed by atoms with Gasteiger partial charge in [0.1, 0.15) is 5.75 Å². The summed E-state index contributed by atoms with van der Waals surface area (Å²) in [5, 5.41) is 10.1. The molecule has 0 spiro atoms. The Bertz CT molecular complexity index is 347. The zero-order valence-electron chi connectivity index (χ0n) is 8.94. The molecule has 0 heterocycles. The maximum atomic E-state index is 10.1. The van der Waals surface area contributed by atoms with Crippen molar-refractivity contribution in [2.24, 2.45) is 5.73 Å². The molecular formula is C12H17NO2. The highest BCUT2D eigenvalue weighted by molar-refractivity contribution is 5.31. The van der Waals surface area contributed by atoms with Gasteiger partial charge in [0.15, 0.2) is 0 Å². The van der Waals surface area contributed by atoms with Gasteiger partial charge in [-0.15, -0.1) is 0 Å². The molecule has 2 rings (SSSR count). The van der Waals surface area contributed by atoms with Gasteiger partial charge in [0.25, 0.3) is 0 Å². The average molecular weight is 207 g/mol. The first kappa shape index (κ1) is 10.5. The third kappa shape index (κ3) is 1.85. The fourth-order valence-corrected chi connectivity index (χ4v) is 2.00. The van der Waals surface area contributed by atoms with E-state index < -0.39 is 11.6 Å². The van der Waals surface area contributed by atoms with Gasteiger partial charge in [0, 0.05) is 5.54 Å². The van der Waals surface area contributed by atoms with E-state index in [0.717, 1.165) is 30.6 Å². The van der Waals surface area contributed by atoms with Crippen LogP contribution in [0.25, 0.3) is 0 Å². The number of aliphatic hydroxyl groups excluding tert-OH is 1. The Hall–Kier alpha value is -1.06. The molecule has 3 heteroatoms. The second-order valence-corrected chi connectivity index (χ2v) is 4.27. The first-order valence-electron chi connectivity index (χ1n) is 5.27. The number of hydrogen-bond acceptors (Lipinski definition) is 3. The molecule has 1 unspecified atom stereocenters. The van der Waals surface area contributed by atoms with Crippen molar-refractivity contribution in [3.63, 3.8) is 0 Å². The number of methoxy groups -OCH3 is 1. The van der Waals surface area contributed by atoms with Crippen LogP contribution in [-0.2, 0) is 0 Å². The fourth-order valence-electron chi connectivity index (χ4n) is 2.00. The van der Waals surface area contributed by atoms with Gasteiger partial charge < -0.3 is 15.6 Å². The predicted octanol–water partition coefficient (Wildman–Crippen LogP) is 1.61. The lowest BCUT2D eigenvalue weighted by atomic mass is 9.72. The molecule has 82 valence electrons. The summed E-state index contributed by atoms with van der Waals surface area (Å²) in [6, 6.07) is 7.47. The van der Waals surface area contributed by atoms with E-state index in [4.69, 9.17) is 10.5 Å². The summed E-state index contributed by atoms with van der Waals surface area (Å²) in [5.74, 6) is 0.759. The van der Waals surface area contributed by atoms with E-state index >= 15 is 0 Å². The van der Waals surface area contributed by atoms with E-state index in [1.54, 1.807) is 7.11 Å². The van der Waals surface area contributed by atoms with E-state index in [0.29, 0.717) is 0 Å². The second-order valence-electron chi connectivity index (χ2n) is 4.27. The van der Waals surface area contributed by atoms with Crippen molar-refractivity contribution in [2.45, 2.75) is 30.9 Å². The molecule has 1 saturated carbocycles. The van der Waals surface area contributed by atoms with Gasteiger partial charge in [0.05, 0.1) is 13.2 Å². The fraction of sp³-hybridized carbons (Fsp3) is 0.500. The summed E-state index contributed by atoms with van der Waals surface area (Å²) >= 11 is 0. The minimum absolute atomic E-state index is 0.424. The number of rotatable bonds is 3. The van der Waals surface area contributed by atoms with Crippen molar-refractivity contribution in [3.8, 4) is 5.75 Å². The summed E-state index contributed by atoms with van der Waals surface area (Å²) in [6.45, 7) is 0. The Morgan fingerprint density at radius 3 is 2.73 bits per heavy atom. The SMILES string of the molecule is COc1cccc(C(O)C2(N)CCC2)c1. The Balaban J connectivity index is 2.21. The standard InChI is InChI=1S/C12H17NO2/c1-15-10-5-2-4-9(8-10)11(14)12(13)6-3-7-12/h2,4-5,8,11,14H,3,6-7,13H2,1H3. The molecule has 3 nitrogen and oxygen atoms in total. The molecule has 1 fully saturated rings. The van der Waals surface area contributed by atoms with Crippen LogP contribution in [0, 0.1) is 0 Å². The summed E-state index contributed by atoms with van der Waals surface area (Å²) < 4.78 is 5.12. The molecule has 1 aromatic carbocycles. The lowest BCUT2D eigenvalue weighted by Crippen LogP contribution is -2.51. The van der Waals surface area contributed by atoms with E-state index in [2.05, 4.69) is 0 Å². The highest BCUT2D eigenvalue weighted by Gasteiger charge is 2.40. The molecule has 0 bridgehead atoms. The molecule has 1 atom stereocenters. The number of aliphatic hydroxyl groups is 1. The molecule has 0 amide bonds. The Kier molecular flexibility index (Phi) is 2.67. The van der Waals surface area contributed by atoms with Gasteiger partial charge in [-0.1, -0.05) is 12.1 Å². The highest BCUT2D eigenvalue weighted by atomic mass is 16.5. The van der Waals surface area contributed by atoms with Gasteiger partial charge >= 0.3 is 0 Å². The first-order valence-corrected chi connectivity index (χ1v) is 5.27. The number of nitrogens with two attached hydrogens (primary N) is 1. The van der Waals surface area contributed by atoms with Crippen LogP contribution in [0.4, 0.5) is 0 Å². The average Bonchev–Trinajstić information content (AvgIpc) is 2.25. The maximum Gasteiger partial charge on any atom is 0.119 e. The molecule has 15 heavy (non-hydrogen) atoms. The Labute approximate surface area is 89.9 Å². The van der Waals surface area contributed by atoms with Crippen LogP contribution < -0.4 is 10.5 Å². The Morgan fingerprint density at radius 1 is 1.47 bits per heavy atom. The zero-order valence-corrected chi connectivity index (χ0v) is 8.94. The Morgan fingerprint density at radius 2 is 2.20 bits per heavy atom. The maximum absolute atomic E-state index is 10.1. The monoisotopic (exact) mass is 207 g/mol. The molecule has 0 aromatic heterocycles. The van der Waals surface area contributed by atoms with Crippen LogP contribution in [0.2, 0.25) is 0 Å². The van der Waals surface area contributed by atoms with Crippen LogP contribution >= 0.6 is 0 Å². The number of benzene rings is 1. The molecule has 0 saturated heterocycles. The normalized spacial score (nSPS) is 20.5. The summed E-state index contributed by atoms with van der Waals surface area (Å²) in [5.41, 5.74) is 6.50. The van der Waals surface area contributed by atoms with Crippen LogP contribution in [-0.4, -0.2) is 17.8 Å². The minimum atomic E-state index is -0.582. The lowest BCUT2D eigenvalue weighted by molar-refractivity contribution is 0.0336. The molecule has 3 N–H and O–H groups in total. The molecule has 0 radical (unpaired) electrons. The van der Waals surface area contributed by atoms with E-state index in [-0.39, 0.29) is 0 Å². The van der Waals surface area contributed by atoms with Gasteiger partial charge in [-0.25, -0.2) is 0 Å². The van der Waals surface area contributed by atoms with Crippen molar-refractivity contribution in [1.29, 1.82) is 0 Å². The minimum Gasteiger partial charge on any atom is -0.497 e. The molecule has 1 aromatic rings. The van der Waals surface area contributed by atoms with Gasteiger partial charge in [-0.05, 0) is 37.0 Å². The van der Waals surface area contributed by atoms with Gasteiger partial charge in [-0.3, -0.25) is 0 Å². The number of ether oxygens (including phenoxy) is 1. The summed E-state index contributed by atoms with van der Waals surface area (Å²) in [6.07, 6.45) is 2.32. The first-order chi connectivity index (χ1) is 7.15. The van der Waals surface area contributed by atoms with Gasteiger partial charge in [0.2, 0.25) is 0 Å². The summed E-state index contributed by atoms with van der Waals surface area (Å²) in [4.78, 5) is 0. The van der Waals surface area contributed by atoms with Gasteiger partial charge in [-0.2, -0.15) is 0 Å². The largest absolute Gasteiger partial charge is 0.497 e. The van der Waals surface area contributed by atoms with E-state index in [1.807, 2.05) is 24.3 Å². The molecule has 0 aliphatic heterocycles. The highest BCUT2D eigenvalue weighted by Crippen LogP contribution is 2.40. The van der Waals surface area contributed by atoms with Crippen molar-refractivity contribution >= 4 is 0 Å².